The molecule has 39 heavy (non-hydrogen) atoms. The summed E-state index contributed by atoms with van der Waals surface area (Å²) in [7, 11) is 0. The molecule has 6 nitrogen and oxygen atoms in total. The van der Waals surface area contributed by atoms with E-state index in [1.807, 2.05) is 52.0 Å². The molecule has 1 aliphatic heterocycles. The molecule has 1 aromatic heterocycles. The molecular formula is C31H33BrFN3O3. The monoisotopic (exact) mass is 593 g/mol. The van der Waals surface area contributed by atoms with Gasteiger partial charge in [0.25, 0.3) is 5.91 Å². The SMILES string of the molecule is C[C@@H](NC(=O)c1cncc(Br)c1)c1ccc(C(=C2CCN(C(=O)OC(C)(C)C)CC2)c2ccc(F)cc2)cc1. The molecule has 0 aliphatic carbocycles. The minimum atomic E-state index is -0.542. The van der Waals surface area contributed by atoms with E-state index in [-0.39, 0.29) is 23.9 Å². The minimum absolute atomic E-state index is 0.203. The van der Waals surface area contributed by atoms with Crippen molar-refractivity contribution in [1.29, 1.82) is 0 Å². The molecule has 8 heteroatoms. The fourth-order valence-corrected chi connectivity index (χ4v) is 4.93. The van der Waals surface area contributed by atoms with Crippen molar-refractivity contribution in [3.63, 3.8) is 0 Å². The summed E-state index contributed by atoms with van der Waals surface area (Å²) in [4.78, 5) is 31.0. The zero-order valence-electron chi connectivity index (χ0n) is 22.6. The van der Waals surface area contributed by atoms with Crippen LogP contribution in [-0.4, -0.2) is 40.6 Å². The standard InChI is InChI=1S/C31H33BrFN3O3/c1-20(35-29(37)25-17-26(32)19-34-18-25)21-5-7-22(8-6-21)28(23-9-11-27(33)12-10-23)24-13-15-36(16-14-24)30(38)39-31(2,3)4/h5-12,17-20H,13-16H2,1-4H3,(H,35,37)/t20-/m1/s1. The van der Waals surface area contributed by atoms with Crippen LogP contribution < -0.4 is 5.32 Å². The Kier molecular flexibility index (Phi) is 8.85. The van der Waals surface area contributed by atoms with Gasteiger partial charge in [-0.25, -0.2) is 9.18 Å². The highest BCUT2D eigenvalue weighted by molar-refractivity contribution is 9.10. The Hall–Kier alpha value is -3.52. The maximum atomic E-state index is 13.7. The highest BCUT2D eigenvalue weighted by Gasteiger charge is 2.26. The van der Waals surface area contributed by atoms with Crippen molar-refractivity contribution in [2.24, 2.45) is 0 Å². The van der Waals surface area contributed by atoms with Crippen LogP contribution >= 0.6 is 15.9 Å². The second-order valence-electron chi connectivity index (χ2n) is 10.7. The fraction of sp³-hybridized carbons (Fsp3) is 0.323. The van der Waals surface area contributed by atoms with E-state index in [1.165, 1.54) is 23.9 Å². The number of ether oxygens (including phenoxy) is 1. The smallest absolute Gasteiger partial charge is 0.410 e. The third-order valence-corrected chi connectivity index (χ3v) is 6.95. The Balaban J connectivity index is 1.55. The topological polar surface area (TPSA) is 71.5 Å². The van der Waals surface area contributed by atoms with E-state index in [0.29, 0.717) is 31.5 Å². The predicted molar refractivity (Wildman–Crippen MR) is 154 cm³/mol. The number of carbonyl (C=O) groups excluding carboxylic acids is 2. The molecular weight excluding hydrogens is 561 g/mol. The zero-order chi connectivity index (χ0) is 28.2. The van der Waals surface area contributed by atoms with Gasteiger partial charge in [-0.15, -0.1) is 0 Å². The normalized spacial score (nSPS) is 14.5. The Labute approximate surface area is 237 Å². The lowest BCUT2D eigenvalue weighted by Gasteiger charge is -2.32. The first-order valence-corrected chi connectivity index (χ1v) is 13.8. The first kappa shape index (κ1) is 28.5. The Bertz CT molecular complexity index is 1360. The zero-order valence-corrected chi connectivity index (χ0v) is 24.2. The highest BCUT2D eigenvalue weighted by Crippen LogP contribution is 2.33. The van der Waals surface area contributed by atoms with Crippen LogP contribution in [-0.2, 0) is 4.74 Å². The summed E-state index contributed by atoms with van der Waals surface area (Å²) < 4.78 is 20.0. The van der Waals surface area contributed by atoms with E-state index in [4.69, 9.17) is 4.74 Å². The molecule has 2 aromatic carbocycles. The highest BCUT2D eigenvalue weighted by atomic mass is 79.9. The molecule has 0 unspecified atom stereocenters. The number of carbonyl (C=O) groups is 2. The summed E-state index contributed by atoms with van der Waals surface area (Å²) in [5.41, 5.74) is 5.07. The van der Waals surface area contributed by atoms with Crippen molar-refractivity contribution in [2.45, 2.75) is 52.2 Å². The maximum absolute atomic E-state index is 13.7. The van der Waals surface area contributed by atoms with Crippen LogP contribution in [0.25, 0.3) is 5.57 Å². The summed E-state index contributed by atoms with van der Waals surface area (Å²) in [6.45, 7) is 8.63. The lowest BCUT2D eigenvalue weighted by Crippen LogP contribution is -2.40. The minimum Gasteiger partial charge on any atom is -0.444 e. The van der Waals surface area contributed by atoms with Crippen LogP contribution in [0.15, 0.2) is 77.0 Å². The number of hydrogen-bond donors (Lipinski definition) is 1. The fourth-order valence-electron chi connectivity index (χ4n) is 4.56. The lowest BCUT2D eigenvalue weighted by atomic mass is 9.88. The molecule has 1 fully saturated rings. The summed E-state index contributed by atoms with van der Waals surface area (Å²) in [5, 5.41) is 3.02. The Morgan fingerprint density at radius 3 is 2.13 bits per heavy atom. The van der Waals surface area contributed by atoms with Crippen LogP contribution in [0, 0.1) is 5.82 Å². The van der Waals surface area contributed by atoms with Gasteiger partial charge in [0, 0.05) is 30.0 Å². The number of nitrogens with one attached hydrogen (secondary N) is 1. The number of hydrogen-bond acceptors (Lipinski definition) is 4. The van der Waals surface area contributed by atoms with Gasteiger partial charge in [0.1, 0.15) is 11.4 Å². The van der Waals surface area contributed by atoms with Crippen molar-refractivity contribution >= 4 is 33.5 Å². The molecule has 0 saturated carbocycles. The number of amides is 2. The number of piperidine rings is 1. The number of pyridine rings is 1. The van der Waals surface area contributed by atoms with Crippen LogP contribution in [0.5, 0.6) is 0 Å². The largest absolute Gasteiger partial charge is 0.444 e. The van der Waals surface area contributed by atoms with Gasteiger partial charge in [0.15, 0.2) is 0 Å². The van der Waals surface area contributed by atoms with E-state index < -0.39 is 5.60 Å². The van der Waals surface area contributed by atoms with E-state index in [0.717, 1.165) is 26.7 Å². The summed E-state index contributed by atoms with van der Waals surface area (Å²) in [6.07, 6.45) is 4.25. The number of nitrogens with zero attached hydrogens (tertiary/aromatic N) is 2. The van der Waals surface area contributed by atoms with Gasteiger partial charge in [-0.3, -0.25) is 9.78 Å². The molecule has 204 valence electrons. The van der Waals surface area contributed by atoms with Crippen molar-refractivity contribution in [1.82, 2.24) is 15.2 Å². The number of benzene rings is 2. The Morgan fingerprint density at radius 2 is 1.56 bits per heavy atom. The molecule has 1 aliphatic rings. The molecule has 0 bridgehead atoms. The number of aromatic nitrogens is 1. The molecule has 2 amide bonds. The number of halogens is 2. The van der Waals surface area contributed by atoms with E-state index in [2.05, 4.69) is 26.2 Å². The van der Waals surface area contributed by atoms with E-state index in [9.17, 15) is 14.0 Å². The average Bonchev–Trinajstić information content (AvgIpc) is 2.89. The summed E-state index contributed by atoms with van der Waals surface area (Å²) >= 11 is 3.35. The van der Waals surface area contributed by atoms with Gasteiger partial charge in [-0.05, 0) is 96.9 Å². The summed E-state index contributed by atoms with van der Waals surface area (Å²) in [5.74, 6) is -0.491. The van der Waals surface area contributed by atoms with Crippen LogP contribution in [0.2, 0.25) is 0 Å². The molecule has 3 aromatic rings. The van der Waals surface area contributed by atoms with Crippen LogP contribution in [0.1, 0.15) is 73.6 Å². The Morgan fingerprint density at radius 1 is 0.974 bits per heavy atom. The lowest BCUT2D eigenvalue weighted by molar-refractivity contribution is 0.0236. The van der Waals surface area contributed by atoms with Crippen molar-refractivity contribution in [2.75, 3.05) is 13.1 Å². The van der Waals surface area contributed by atoms with Crippen molar-refractivity contribution in [3.05, 3.63) is 105 Å². The second kappa shape index (κ2) is 12.1. The molecule has 0 spiro atoms. The van der Waals surface area contributed by atoms with Gasteiger partial charge in [0.2, 0.25) is 0 Å². The third-order valence-electron chi connectivity index (χ3n) is 6.52. The number of rotatable bonds is 5. The first-order valence-electron chi connectivity index (χ1n) is 13.0. The molecule has 4 rings (SSSR count). The van der Waals surface area contributed by atoms with E-state index in [1.54, 1.807) is 29.3 Å². The first-order chi connectivity index (χ1) is 18.5. The molecule has 1 saturated heterocycles. The van der Waals surface area contributed by atoms with Crippen molar-refractivity contribution < 1.29 is 18.7 Å². The summed E-state index contributed by atoms with van der Waals surface area (Å²) in [6, 6.07) is 16.1. The van der Waals surface area contributed by atoms with Gasteiger partial charge in [0.05, 0.1) is 11.6 Å². The van der Waals surface area contributed by atoms with Gasteiger partial charge < -0.3 is 15.0 Å². The predicted octanol–water partition coefficient (Wildman–Crippen LogP) is 7.31. The third kappa shape index (κ3) is 7.53. The van der Waals surface area contributed by atoms with Crippen molar-refractivity contribution in [3.8, 4) is 0 Å². The van der Waals surface area contributed by atoms with E-state index >= 15 is 0 Å². The van der Waals surface area contributed by atoms with Gasteiger partial charge in [-0.2, -0.15) is 0 Å². The van der Waals surface area contributed by atoms with Crippen LogP contribution in [0.4, 0.5) is 9.18 Å². The molecule has 1 N–H and O–H groups in total. The number of likely N-dealkylation sites (tertiary alicyclic amines) is 1. The maximum Gasteiger partial charge on any atom is 0.410 e. The quantitative estimate of drug-likeness (QED) is 0.337. The average molecular weight is 595 g/mol. The van der Waals surface area contributed by atoms with Crippen LogP contribution in [0.3, 0.4) is 0 Å². The van der Waals surface area contributed by atoms with Gasteiger partial charge >= 0.3 is 6.09 Å². The molecule has 1 atom stereocenters. The van der Waals surface area contributed by atoms with Gasteiger partial charge in [-0.1, -0.05) is 42.0 Å². The molecule has 2 heterocycles. The molecule has 0 radical (unpaired) electrons. The second-order valence-corrected chi connectivity index (χ2v) is 11.6.